The maximum absolute atomic E-state index is 14.6. The molecule has 0 bridgehead atoms. The Hall–Kier alpha value is -0.150. The molecule has 0 aromatic rings. The van der Waals surface area contributed by atoms with E-state index in [0.717, 1.165) is 39.0 Å². The topological polar surface area (TPSA) is 15.3 Å². The first kappa shape index (κ1) is 12.3. The van der Waals surface area contributed by atoms with E-state index in [1.807, 2.05) is 0 Å². The van der Waals surface area contributed by atoms with E-state index in [4.69, 9.17) is 0 Å². The second-order valence-corrected chi connectivity index (χ2v) is 5.75. The van der Waals surface area contributed by atoms with Gasteiger partial charge in [0.25, 0.3) is 0 Å². The smallest absolute Gasteiger partial charge is 0.123 e. The Kier molecular flexibility index (Phi) is 3.55. The Morgan fingerprint density at radius 1 is 1.06 bits per heavy atom. The van der Waals surface area contributed by atoms with Crippen molar-refractivity contribution in [1.29, 1.82) is 0 Å². The lowest BCUT2D eigenvalue weighted by atomic mass is 9.66. The van der Waals surface area contributed by atoms with Crippen molar-refractivity contribution in [1.82, 2.24) is 10.2 Å². The van der Waals surface area contributed by atoms with Crippen LogP contribution in [0.2, 0.25) is 0 Å². The summed E-state index contributed by atoms with van der Waals surface area (Å²) in [5.41, 5.74) is -0.460. The fourth-order valence-corrected chi connectivity index (χ4v) is 3.13. The monoisotopic (exact) mass is 228 g/mol. The third-order valence-corrected chi connectivity index (χ3v) is 4.88. The minimum atomic E-state index is -0.907. The van der Waals surface area contributed by atoms with E-state index in [-0.39, 0.29) is 0 Å². The van der Waals surface area contributed by atoms with Gasteiger partial charge >= 0.3 is 0 Å². The number of nitrogens with one attached hydrogen (secondary N) is 1. The second kappa shape index (κ2) is 4.61. The average molecular weight is 228 g/mol. The molecule has 2 nitrogen and oxygen atoms in total. The van der Waals surface area contributed by atoms with Crippen molar-refractivity contribution >= 4 is 0 Å². The van der Waals surface area contributed by atoms with Crippen molar-refractivity contribution < 1.29 is 4.39 Å². The molecule has 1 saturated carbocycles. The van der Waals surface area contributed by atoms with E-state index in [2.05, 4.69) is 24.1 Å². The Bertz CT molecular complexity index is 224. The van der Waals surface area contributed by atoms with Gasteiger partial charge in [-0.1, -0.05) is 26.7 Å². The van der Waals surface area contributed by atoms with Gasteiger partial charge < -0.3 is 0 Å². The molecule has 1 aliphatic carbocycles. The van der Waals surface area contributed by atoms with Gasteiger partial charge in [-0.05, 0) is 31.1 Å². The third kappa shape index (κ3) is 2.40. The highest BCUT2D eigenvalue weighted by Crippen LogP contribution is 2.47. The SMILES string of the molecule is CCC1(CC)CCC(F)(CN2CNC2)CC1. The van der Waals surface area contributed by atoms with E-state index in [0.29, 0.717) is 12.0 Å². The van der Waals surface area contributed by atoms with E-state index >= 15 is 0 Å². The van der Waals surface area contributed by atoms with Crippen LogP contribution in [0, 0.1) is 5.41 Å². The molecule has 2 fully saturated rings. The summed E-state index contributed by atoms with van der Waals surface area (Å²) in [4.78, 5) is 2.17. The summed E-state index contributed by atoms with van der Waals surface area (Å²) in [5, 5.41) is 3.17. The molecule has 0 radical (unpaired) electrons. The molecule has 1 saturated heterocycles. The highest BCUT2D eigenvalue weighted by atomic mass is 19.1. The molecule has 1 aliphatic heterocycles. The Morgan fingerprint density at radius 2 is 1.62 bits per heavy atom. The first-order valence-electron chi connectivity index (χ1n) is 6.73. The van der Waals surface area contributed by atoms with Crippen LogP contribution in [-0.4, -0.2) is 30.5 Å². The lowest BCUT2D eigenvalue weighted by Gasteiger charge is -2.45. The van der Waals surface area contributed by atoms with Gasteiger partial charge in [0.15, 0.2) is 0 Å². The van der Waals surface area contributed by atoms with Gasteiger partial charge in [-0.25, -0.2) is 4.39 Å². The maximum atomic E-state index is 14.6. The van der Waals surface area contributed by atoms with Gasteiger partial charge in [0.2, 0.25) is 0 Å². The predicted molar refractivity (Wildman–Crippen MR) is 64.9 cm³/mol. The van der Waals surface area contributed by atoms with E-state index in [1.54, 1.807) is 0 Å². The van der Waals surface area contributed by atoms with E-state index in [1.165, 1.54) is 12.8 Å². The van der Waals surface area contributed by atoms with Crippen LogP contribution >= 0.6 is 0 Å². The van der Waals surface area contributed by atoms with Gasteiger partial charge in [0.05, 0.1) is 13.3 Å². The fraction of sp³-hybridized carbons (Fsp3) is 1.00. The highest BCUT2D eigenvalue weighted by molar-refractivity contribution is 4.94. The van der Waals surface area contributed by atoms with Crippen LogP contribution in [0.5, 0.6) is 0 Å². The molecular formula is C13H25FN2. The number of halogens is 1. The minimum absolute atomic E-state index is 0.447. The molecule has 2 aliphatic rings. The molecule has 0 spiro atoms. The predicted octanol–water partition coefficient (Wildman–Crippen LogP) is 2.90. The average Bonchev–Trinajstić information content (AvgIpc) is 2.26. The molecule has 1 N–H and O–H groups in total. The Labute approximate surface area is 98.6 Å². The molecule has 94 valence electrons. The zero-order valence-corrected chi connectivity index (χ0v) is 10.7. The molecule has 0 aromatic carbocycles. The Balaban J connectivity index is 1.86. The van der Waals surface area contributed by atoms with Gasteiger partial charge in [-0.3, -0.25) is 10.2 Å². The zero-order chi connectivity index (χ0) is 11.6. The summed E-state index contributed by atoms with van der Waals surface area (Å²) in [5.74, 6) is 0. The third-order valence-electron chi connectivity index (χ3n) is 4.88. The van der Waals surface area contributed by atoms with Crippen molar-refractivity contribution in [2.75, 3.05) is 19.9 Å². The fourth-order valence-electron chi connectivity index (χ4n) is 3.13. The van der Waals surface area contributed by atoms with Crippen LogP contribution in [0.1, 0.15) is 52.4 Å². The Morgan fingerprint density at radius 3 is 2.00 bits per heavy atom. The van der Waals surface area contributed by atoms with Gasteiger partial charge in [-0.15, -0.1) is 0 Å². The van der Waals surface area contributed by atoms with Crippen LogP contribution in [0.25, 0.3) is 0 Å². The zero-order valence-electron chi connectivity index (χ0n) is 10.7. The van der Waals surface area contributed by atoms with Gasteiger partial charge in [0.1, 0.15) is 5.67 Å². The molecule has 2 rings (SSSR count). The minimum Gasteiger partial charge on any atom is -0.291 e. The standard InChI is InChI=1S/C13H25FN2/c1-3-12(4-2)5-7-13(14,8-6-12)9-16-10-15-11-16/h15H,3-11H2,1-2H3. The van der Waals surface area contributed by atoms with E-state index < -0.39 is 5.67 Å². The number of nitrogens with zero attached hydrogens (tertiary/aromatic N) is 1. The lowest BCUT2D eigenvalue weighted by molar-refractivity contribution is -0.0161. The summed E-state index contributed by atoms with van der Waals surface area (Å²) in [6.45, 7) is 6.91. The lowest BCUT2D eigenvalue weighted by Crippen LogP contribution is -2.57. The molecule has 16 heavy (non-hydrogen) atoms. The molecule has 3 heteroatoms. The van der Waals surface area contributed by atoms with Gasteiger partial charge in [0, 0.05) is 6.54 Å². The second-order valence-electron chi connectivity index (χ2n) is 5.75. The van der Waals surface area contributed by atoms with Gasteiger partial charge in [-0.2, -0.15) is 0 Å². The van der Waals surface area contributed by atoms with Crippen LogP contribution in [0.3, 0.4) is 0 Å². The van der Waals surface area contributed by atoms with Crippen LogP contribution in [0.4, 0.5) is 4.39 Å². The van der Waals surface area contributed by atoms with Crippen molar-refractivity contribution in [2.24, 2.45) is 5.41 Å². The molecule has 0 aromatic heterocycles. The summed E-state index contributed by atoms with van der Waals surface area (Å²) in [7, 11) is 0. The number of rotatable bonds is 4. The summed E-state index contributed by atoms with van der Waals surface area (Å²) in [6, 6.07) is 0. The van der Waals surface area contributed by atoms with Crippen LogP contribution in [-0.2, 0) is 0 Å². The normalized spacial score (nSPS) is 28.7. The molecule has 0 atom stereocenters. The first-order chi connectivity index (χ1) is 7.61. The summed E-state index contributed by atoms with van der Waals surface area (Å²) >= 11 is 0. The molecule has 0 unspecified atom stereocenters. The summed E-state index contributed by atoms with van der Waals surface area (Å²) in [6.07, 6.45) is 6.13. The van der Waals surface area contributed by atoms with Crippen LogP contribution in [0.15, 0.2) is 0 Å². The number of hydrogen-bond acceptors (Lipinski definition) is 2. The van der Waals surface area contributed by atoms with Crippen molar-refractivity contribution in [3.05, 3.63) is 0 Å². The van der Waals surface area contributed by atoms with Crippen molar-refractivity contribution in [3.8, 4) is 0 Å². The summed E-state index contributed by atoms with van der Waals surface area (Å²) < 4.78 is 14.6. The molecule has 1 heterocycles. The van der Waals surface area contributed by atoms with Crippen molar-refractivity contribution in [2.45, 2.75) is 58.0 Å². The largest absolute Gasteiger partial charge is 0.291 e. The number of hydrogen-bond donors (Lipinski definition) is 1. The first-order valence-corrected chi connectivity index (χ1v) is 6.73. The maximum Gasteiger partial charge on any atom is 0.123 e. The highest BCUT2D eigenvalue weighted by Gasteiger charge is 2.42. The van der Waals surface area contributed by atoms with Crippen molar-refractivity contribution in [3.63, 3.8) is 0 Å². The molecule has 0 amide bonds. The molecular weight excluding hydrogens is 203 g/mol. The number of alkyl halides is 1. The quantitative estimate of drug-likeness (QED) is 0.796. The van der Waals surface area contributed by atoms with E-state index in [9.17, 15) is 4.39 Å². The van der Waals surface area contributed by atoms with Crippen LogP contribution < -0.4 is 5.32 Å².